The van der Waals surface area contributed by atoms with Crippen LogP contribution < -0.4 is 5.56 Å². The Balaban J connectivity index is 1.85. The summed E-state index contributed by atoms with van der Waals surface area (Å²) >= 11 is 0. The third-order valence-corrected chi connectivity index (χ3v) is 4.52. The van der Waals surface area contributed by atoms with Crippen LogP contribution in [0, 0.1) is 6.92 Å². The molecular formula is C20H16N2O4. The highest BCUT2D eigenvalue weighted by atomic mass is 16.5. The molecule has 0 aliphatic carbocycles. The zero-order chi connectivity index (χ0) is 18.3. The summed E-state index contributed by atoms with van der Waals surface area (Å²) in [6, 6.07) is 13.9. The maximum atomic E-state index is 13.1. The van der Waals surface area contributed by atoms with Gasteiger partial charge in [0.25, 0.3) is 5.56 Å². The predicted molar refractivity (Wildman–Crippen MR) is 94.1 cm³/mol. The molecule has 4 rings (SSSR count). The zero-order valence-corrected chi connectivity index (χ0v) is 14.0. The number of hydrogen-bond donors (Lipinski definition) is 1. The fourth-order valence-electron chi connectivity index (χ4n) is 3.23. The first kappa shape index (κ1) is 16.1. The number of benzene rings is 1. The van der Waals surface area contributed by atoms with E-state index in [-0.39, 0.29) is 17.9 Å². The van der Waals surface area contributed by atoms with E-state index in [1.807, 2.05) is 12.1 Å². The van der Waals surface area contributed by atoms with Crippen LogP contribution in [0.5, 0.6) is 5.75 Å². The smallest absolute Gasteiger partial charge is 0.339 e. The summed E-state index contributed by atoms with van der Waals surface area (Å²) in [6.07, 6.45) is 0.744. The Morgan fingerprint density at radius 3 is 2.69 bits per heavy atom. The number of hydrogen-bond acceptors (Lipinski definition) is 5. The number of carbonyl (C=O) groups is 1. The lowest BCUT2D eigenvalue weighted by atomic mass is 9.99. The number of cyclic esters (lactones) is 1. The highest BCUT2D eigenvalue weighted by Gasteiger charge is 2.35. The summed E-state index contributed by atoms with van der Waals surface area (Å²) in [5.41, 5.74) is 1.97. The summed E-state index contributed by atoms with van der Waals surface area (Å²) in [7, 11) is 0. The lowest BCUT2D eigenvalue weighted by Gasteiger charge is -2.17. The van der Waals surface area contributed by atoms with Crippen LogP contribution >= 0.6 is 0 Å². The number of nitrogens with zero attached hydrogens (tertiary/aromatic N) is 2. The number of aromatic hydroxyl groups is 1. The van der Waals surface area contributed by atoms with E-state index in [4.69, 9.17) is 4.74 Å². The molecule has 130 valence electrons. The molecule has 1 N–H and O–H groups in total. The average molecular weight is 348 g/mol. The van der Waals surface area contributed by atoms with Gasteiger partial charge in [-0.05, 0) is 31.2 Å². The second-order valence-electron chi connectivity index (χ2n) is 6.17. The fourth-order valence-corrected chi connectivity index (χ4v) is 3.23. The van der Waals surface area contributed by atoms with Crippen LogP contribution in [0.25, 0.3) is 0 Å². The number of ether oxygens (including phenoxy) is 1. The van der Waals surface area contributed by atoms with Crippen molar-refractivity contribution in [2.45, 2.75) is 19.6 Å². The van der Waals surface area contributed by atoms with Crippen LogP contribution in [0.3, 0.4) is 0 Å². The molecule has 6 nitrogen and oxygen atoms in total. The molecule has 0 spiro atoms. The van der Waals surface area contributed by atoms with Crippen molar-refractivity contribution in [2.24, 2.45) is 0 Å². The van der Waals surface area contributed by atoms with E-state index in [1.54, 1.807) is 43.5 Å². The van der Waals surface area contributed by atoms with E-state index in [1.165, 1.54) is 10.6 Å². The van der Waals surface area contributed by atoms with E-state index in [9.17, 15) is 14.7 Å². The molecule has 3 aromatic rings. The van der Waals surface area contributed by atoms with E-state index in [2.05, 4.69) is 4.98 Å². The van der Waals surface area contributed by atoms with Crippen LogP contribution in [-0.4, -0.2) is 20.6 Å². The molecule has 1 aliphatic heterocycles. The Labute approximate surface area is 149 Å². The van der Waals surface area contributed by atoms with Gasteiger partial charge in [-0.2, -0.15) is 0 Å². The molecule has 1 unspecified atom stereocenters. The third kappa shape index (κ3) is 2.56. The van der Waals surface area contributed by atoms with Gasteiger partial charge in [0.2, 0.25) is 0 Å². The van der Waals surface area contributed by atoms with Gasteiger partial charge in [0, 0.05) is 17.5 Å². The molecular weight excluding hydrogens is 332 g/mol. The normalized spacial score (nSPS) is 15.6. The van der Waals surface area contributed by atoms with Crippen molar-refractivity contribution in [3.05, 3.63) is 93.2 Å². The largest absolute Gasteiger partial charge is 0.507 e. The van der Waals surface area contributed by atoms with Crippen LogP contribution in [0.1, 0.15) is 39.0 Å². The van der Waals surface area contributed by atoms with Gasteiger partial charge in [-0.1, -0.05) is 24.3 Å². The van der Waals surface area contributed by atoms with Crippen molar-refractivity contribution in [1.29, 1.82) is 0 Å². The highest BCUT2D eigenvalue weighted by Crippen LogP contribution is 2.37. The van der Waals surface area contributed by atoms with Crippen LogP contribution in [-0.2, 0) is 11.3 Å². The average Bonchev–Trinajstić information content (AvgIpc) is 2.96. The van der Waals surface area contributed by atoms with Gasteiger partial charge in [-0.15, -0.1) is 0 Å². The van der Waals surface area contributed by atoms with Crippen molar-refractivity contribution in [2.75, 3.05) is 0 Å². The minimum Gasteiger partial charge on any atom is -0.507 e. The van der Waals surface area contributed by atoms with Crippen LogP contribution in [0.15, 0.2) is 59.5 Å². The Bertz CT molecular complexity index is 1060. The topological polar surface area (TPSA) is 81.4 Å². The Hall–Kier alpha value is -3.41. The Morgan fingerprint density at radius 1 is 1.15 bits per heavy atom. The molecule has 0 saturated carbocycles. The Kier molecular flexibility index (Phi) is 3.80. The molecule has 1 aromatic carbocycles. The standard InChI is InChI=1S/C20H16N2O4/c1-12-10-16(23)17(18-14-7-2-3-8-15(14)20(25)26-18)19(24)22(12)11-13-6-4-5-9-21-13/h2-10,18,23H,11H2,1H3. The first-order valence-corrected chi connectivity index (χ1v) is 8.19. The van der Waals surface area contributed by atoms with Gasteiger partial charge in [-0.3, -0.25) is 9.78 Å². The molecule has 0 amide bonds. The number of aryl methyl sites for hydroxylation is 1. The number of carbonyl (C=O) groups excluding carboxylic acids is 1. The van der Waals surface area contributed by atoms with Crippen molar-refractivity contribution in [1.82, 2.24) is 9.55 Å². The molecule has 2 aromatic heterocycles. The SMILES string of the molecule is Cc1cc(O)c(C2OC(=O)c3ccccc32)c(=O)n1Cc1ccccn1. The molecule has 26 heavy (non-hydrogen) atoms. The van der Waals surface area contributed by atoms with Crippen LogP contribution in [0.4, 0.5) is 0 Å². The van der Waals surface area contributed by atoms with Crippen LogP contribution in [0.2, 0.25) is 0 Å². The van der Waals surface area contributed by atoms with Crippen molar-refractivity contribution in [3.8, 4) is 5.75 Å². The molecule has 0 fully saturated rings. The number of aromatic nitrogens is 2. The monoisotopic (exact) mass is 348 g/mol. The summed E-state index contributed by atoms with van der Waals surface area (Å²) < 4.78 is 6.92. The molecule has 3 heterocycles. The summed E-state index contributed by atoms with van der Waals surface area (Å²) in [5, 5.41) is 10.4. The maximum absolute atomic E-state index is 13.1. The molecule has 6 heteroatoms. The molecule has 1 atom stereocenters. The second kappa shape index (κ2) is 6.15. The summed E-state index contributed by atoms with van der Waals surface area (Å²) in [5.74, 6) is -0.680. The summed E-state index contributed by atoms with van der Waals surface area (Å²) in [6.45, 7) is 2.00. The fraction of sp³-hybridized carbons (Fsp3) is 0.150. The molecule has 0 bridgehead atoms. The maximum Gasteiger partial charge on any atom is 0.339 e. The van der Waals surface area contributed by atoms with Gasteiger partial charge >= 0.3 is 5.97 Å². The van der Waals surface area contributed by atoms with E-state index >= 15 is 0 Å². The van der Waals surface area contributed by atoms with E-state index in [0.29, 0.717) is 16.8 Å². The van der Waals surface area contributed by atoms with Crippen molar-refractivity contribution >= 4 is 5.97 Å². The summed E-state index contributed by atoms with van der Waals surface area (Å²) in [4.78, 5) is 29.4. The van der Waals surface area contributed by atoms with Gasteiger partial charge in [0.15, 0.2) is 6.10 Å². The number of rotatable bonds is 3. The third-order valence-electron chi connectivity index (χ3n) is 4.52. The lowest BCUT2D eigenvalue weighted by molar-refractivity contribution is 0.0450. The minimum atomic E-state index is -0.915. The van der Waals surface area contributed by atoms with Gasteiger partial charge in [0.1, 0.15) is 11.3 Å². The molecule has 1 aliphatic rings. The predicted octanol–water partition coefficient (Wildman–Crippen LogP) is 2.57. The molecule has 0 saturated heterocycles. The molecule has 0 radical (unpaired) electrons. The lowest BCUT2D eigenvalue weighted by Crippen LogP contribution is -2.28. The van der Waals surface area contributed by atoms with Crippen molar-refractivity contribution in [3.63, 3.8) is 0 Å². The number of pyridine rings is 2. The highest BCUT2D eigenvalue weighted by molar-refractivity contribution is 5.94. The number of esters is 1. The van der Waals surface area contributed by atoms with Gasteiger partial charge < -0.3 is 14.4 Å². The first-order chi connectivity index (χ1) is 12.6. The zero-order valence-electron chi connectivity index (χ0n) is 14.0. The number of fused-ring (bicyclic) bond motifs is 1. The quantitative estimate of drug-likeness (QED) is 0.736. The second-order valence-corrected chi connectivity index (χ2v) is 6.17. The minimum absolute atomic E-state index is 0.0600. The van der Waals surface area contributed by atoms with E-state index in [0.717, 1.165) is 5.69 Å². The Morgan fingerprint density at radius 2 is 1.92 bits per heavy atom. The van der Waals surface area contributed by atoms with E-state index < -0.39 is 17.6 Å². The van der Waals surface area contributed by atoms with Crippen molar-refractivity contribution < 1.29 is 14.6 Å². The van der Waals surface area contributed by atoms with Gasteiger partial charge in [0.05, 0.1) is 17.8 Å². The van der Waals surface area contributed by atoms with Gasteiger partial charge in [-0.25, -0.2) is 4.79 Å². The first-order valence-electron chi connectivity index (χ1n) is 8.19.